The lowest BCUT2D eigenvalue weighted by atomic mass is 9.83. The Labute approximate surface area is 134 Å². The number of benzene rings is 1. The number of rotatable bonds is 5. The molecule has 2 N–H and O–H groups in total. The summed E-state index contributed by atoms with van der Waals surface area (Å²) in [5, 5.41) is 21.4. The van der Waals surface area contributed by atoms with Gasteiger partial charge in [-0.15, -0.1) is 0 Å². The Morgan fingerprint density at radius 3 is 2.65 bits per heavy atom. The second-order valence-electron chi connectivity index (χ2n) is 6.05. The molecule has 0 heterocycles. The SMILES string of the molecule is N#Cc1ccc(NCCCC2CCCCC2O)c(C(F)(F)F)c1. The number of nitrogens with one attached hydrogen (secondary N) is 1. The van der Waals surface area contributed by atoms with E-state index in [2.05, 4.69) is 5.32 Å². The molecule has 0 aliphatic heterocycles. The van der Waals surface area contributed by atoms with E-state index in [1.54, 1.807) is 6.07 Å². The fourth-order valence-electron chi connectivity index (χ4n) is 3.11. The third kappa shape index (κ3) is 4.87. The van der Waals surface area contributed by atoms with Crippen LogP contribution in [0.15, 0.2) is 18.2 Å². The first-order chi connectivity index (χ1) is 10.9. The Bertz CT molecular complexity index is 566. The Morgan fingerprint density at radius 1 is 1.26 bits per heavy atom. The topological polar surface area (TPSA) is 56.0 Å². The van der Waals surface area contributed by atoms with Gasteiger partial charge in [0.2, 0.25) is 0 Å². The predicted molar refractivity (Wildman–Crippen MR) is 81.8 cm³/mol. The molecule has 0 saturated heterocycles. The number of anilines is 1. The van der Waals surface area contributed by atoms with Gasteiger partial charge in [-0.25, -0.2) is 0 Å². The van der Waals surface area contributed by atoms with E-state index in [1.807, 2.05) is 0 Å². The number of halogens is 3. The van der Waals surface area contributed by atoms with Crippen LogP contribution < -0.4 is 5.32 Å². The summed E-state index contributed by atoms with van der Waals surface area (Å²) in [6, 6.07) is 5.27. The molecular weight excluding hydrogens is 305 g/mol. The number of hydrogen-bond donors (Lipinski definition) is 2. The van der Waals surface area contributed by atoms with E-state index < -0.39 is 11.7 Å². The minimum absolute atomic E-state index is 0.000641. The fraction of sp³-hybridized carbons (Fsp3) is 0.588. The molecule has 2 unspecified atom stereocenters. The maximum atomic E-state index is 13.0. The van der Waals surface area contributed by atoms with Crippen LogP contribution in [-0.2, 0) is 6.18 Å². The standard InChI is InChI=1S/C17H21F3N2O/c18-17(19,20)14-10-12(11-21)7-8-15(14)22-9-3-5-13-4-1-2-6-16(13)23/h7-8,10,13,16,22-23H,1-6,9H2. The molecule has 0 amide bonds. The second kappa shape index (κ2) is 7.69. The summed E-state index contributed by atoms with van der Waals surface area (Å²) in [4.78, 5) is 0. The Hall–Kier alpha value is -1.74. The zero-order chi connectivity index (χ0) is 16.9. The second-order valence-corrected chi connectivity index (χ2v) is 6.05. The summed E-state index contributed by atoms with van der Waals surface area (Å²) in [5.74, 6) is 0.258. The molecule has 2 rings (SSSR count). The summed E-state index contributed by atoms with van der Waals surface area (Å²) < 4.78 is 39.1. The average Bonchev–Trinajstić information content (AvgIpc) is 2.52. The highest BCUT2D eigenvalue weighted by Crippen LogP contribution is 2.35. The molecule has 1 aromatic carbocycles. The van der Waals surface area contributed by atoms with Crippen LogP contribution in [0.25, 0.3) is 0 Å². The maximum Gasteiger partial charge on any atom is 0.418 e. The van der Waals surface area contributed by atoms with Gasteiger partial charge in [-0.05, 0) is 49.8 Å². The van der Waals surface area contributed by atoms with Crippen molar-refractivity contribution in [2.45, 2.75) is 50.8 Å². The van der Waals surface area contributed by atoms with Crippen LogP contribution in [0.3, 0.4) is 0 Å². The molecule has 2 atom stereocenters. The summed E-state index contributed by atoms with van der Waals surface area (Å²) >= 11 is 0. The molecule has 0 spiro atoms. The minimum atomic E-state index is -4.49. The van der Waals surface area contributed by atoms with Crippen LogP contribution in [-0.4, -0.2) is 17.8 Å². The summed E-state index contributed by atoms with van der Waals surface area (Å²) in [5.41, 5.74) is -0.817. The summed E-state index contributed by atoms with van der Waals surface area (Å²) in [7, 11) is 0. The van der Waals surface area contributed by atoms with Gasteiger partial charge in [0.05, 0.1) is 23.3 Å². The van der Waals surface area contributed by atoms with Crippen LogP contribution in [0.2, 0.25) is 0 Å². The average molecular weight is 326 g/mol. The van der Waals surface area contributed by atoms with Gasteiger partial charge in [-0.3, -0.25) is 0 Å². The Balaban J connectivity index is 1.91. The van der Waals surface area contributed by atoms with Gasteiger partial charge in [-0.2, -0.15) is 18.4 Å². The van der Waals surface area contributed by atoms with Crippen molar-refractivity contribution in [2.75, 3.05) is 11.9 Å². The van der Waals surface area contributed by atoms with E-state index >= 15 is 0 Å². The first kappa shape index (κ1) is 17.6. The van der Waals surface area contributed by atoms with Crippen molar-refractivity contribution in [3.05, 3.63) is 29.3 Å². The van der Waals surface area contributed by atoms with Gasteiger partial charge in [0.15, 0.2) is 0 Å². The molecule has 0 radical (unpaired) electrons. The maximum absolute atomic E-state index is 13.0. The highest BCUT2D eigenvalue weighted by atomic mass is 19.4. The smallest absolute Gasteiger partial charge is 0.393 e. The van der Waals surface area contributed by atoms with Crippen LogP contribution in [0.5, 0.6) is 0 Å². The Morgan fingerprint density at radius 2 is 2.00 bits per heavy atom. The zero-order valence-corrected chi connectivity index (χ0v) is 12.9. The van der Waals surface area contributed by atoms with Crippen LogP contribution in [0, 0.1) is 17.2 Å². The van der Waals surface area contributed by atoms with E-state index in [-0.39, 0.29) is 23.3 Å². The third-order valence-corrected chi connectivity index (χ3v) is 4.39. The van der Waals surface area contributed by atoms with Gasteiger partial charge in [-0.1, -0.05) is 12.8 Å². The normalized spacial score (nSPS) is 21.7. The van der Waals surface area contributed by atoms with Crippen molar-refractivity contribution in [1.82, 2.24) is 0 Å². The molecule has 126 valence electrons. The molecule has 6 heteroatoms. The van der Waals surface area contributed by atoms with Gasteiger partial charge >= 0.3 is 6.18 Å². The molecule has 0 bridgehead atoms. The molecule has 1 aliphatic rings. The van der Waals surface area contributed by atoms with Crippen molar-refractivity contribution in [3.8, 4) is 6.07 Å². The van der Waals surface area contributed by atoms with Crippen LogP contribution >= 0.6 is 0 Å². The van der Waals surface area contributed by atoms with Crippen molar-refractivity contribution >= 4 is 5.69 Å². The lowest BCUT2D eigenvalue weighted by Gasteiger charge is -2.27. The van der Waals surface area contributed by atoms with Crippen molar-refractivity contribution in [2.24, 2.45) is 5.92 Å². The number of aliphatic hydroxyl groups is 1. The lowest BCUT2D eigenvalue weighted by molar-refractivity contribution is -0.137. The zero-order valence-electron chi connectivity index (χ0n) is 12.9. The molecular formula is C17H21F3N2O. The lowest BCUT2D eigenvalue weighted by Crippen LogP contribution is -2.24. The number of aliphatic hydroxyl groups excluding tert-OH is 1. The predicted octanol–water partition coefficient (Wildman–Crippen LogP) is 4.32. The molecule has 1 aromatic rings. The highest BCUT2D eigenvalue weighted by Gasteiger charge is 2.33. The molecule has 1 fully saturated rings. The highest BCUT2D eigenvalue weighted by molar-refractivity contribution is 5.56. The third-order valence-electron chi connectivity index (χ3n) is 4.39. The minimum Gasteiger partial charge on any atom is -0.393 e. The van der Waals surface area contributed by atoms with E-state index in [4.69, 9.17) is 5.26 Å². The molecule has 0 aromatic heterocycles. The number of nitriles is 1. The van der Waals surface area contributed by atoms with Crippen molar-refractivity contribution in [1.29, 1.82) is 5.26 Å². The first-order valence-corrected chi connectivity index (χ1v) is 7.95. The first-order valence-electron chi connectivity index (χ1n) is 7.95. The quantitative estimate of drug-likeness (QED) is 0.792. The number of hydrogen-bond acceptors (Lipinski definition) is 3. The van der Waals surface area contributed by atoms with Gasteiger partial charge < -0.3 is 10.4 Å². The number of nitrogens with zero attached hydrogens (tertiary/aromatic N) is 1. The molecule has 1 aliphatic carbocycles. The van der Waals surface area contributed by atoms with Crippen LogP contribution in [0.1, 0.15) is 49.7 Å². The fourth-order valence-corrected chi connectivity index (χ4v) is 3.11. The Kier molecular flexibility index (Phi) is 5.89. The summed E-state index contributed by atoms with van der Waals surface area (Å²) in [6.45, 7) is 0.415. The van der Waals surface area contributed by atoms with Crippen molar-refractivity contribution < 1.29 is 18.3 Å². The van der Waals surface area contributed by atoms with E-state index in [0.29, 0.717) is 13.0 Å². The largest absolute Gasteiger partial charge is 0.418 e. The molecule has 3 nitrogen and oxygen atoms in total. The van der Waals surface area contributed by atoms with Crippen LogP contribution in [0.4, 0.5) is 18.9 Å². The summed E-state index contributed by atoms with van der Waals surface area (Å²) in [6.07, 6.45) is 0.737. The monoisotopic (exact) mass is 326 g/mol. The van der Waals surface area contributed by atoms with E-state index in [1.165, 1.54) is 12.1 Å². The van der Waals surface area contributed by atoms with Gasteiger partial charge in [0.1, 0.15) is 0 Å². The van der Waals surface area contributed by atoms with Gasteiger partial charge in [0, 0.05) is 12.2 Å². The van der Waals surface area contributed by atoms with Crippen molar-refractivity contribution in [3.63, 3.8) is 0 Å². The van der Waals surface area contributed by atoms with E-state index in [9.17, 15) is 18.3 Å². The van der Waals surface area contributed by atoms with Gasteiger partial charge in [0.25, 0.3) is 0 Å². The molecule has 23 heavy (non-hydrogen) atoms. The van der Waals surface area contributed by atoms with E-state index in [0.717, 1.165) is 38.2 Å². The molecule has 1 saturated carbocycles. The number of alkyl halides is 3.